The number of nitrogens with two attached hydrogens (primary N) is 1. The lowest BCUT2D eigenvalue weighted by molar-refractivity contribution is -0.274. The first-order chi connectivity index (χ1) is 9.23. The number of alkyl halides is 3. The van der Waals surface area contributed by atoms with E-state index in [1.54, 1.807) is 6.92 Å². The average Bonchev–Trinajstić information content (AvgIpc) is 2.34. The van der Waals surface area contributed by atoms with E-state index in [0.29, 0.717) is 0 Å². The molecule has 20 heavy (non-hydrogen) atoms. The first-order valence-corrected chi connectivity index (χ1v) is 5.57. The van der Waals surface area contributed by atoms with Crippen LogP contribution >= 0.6 is 0 Å². The lowest BCUT2D eigenvalue weighted by atomic mass is 10.0. The topological polar surface area (TPSA) is 78.6 Å². The van der Waals surface area contributed by atoms with Gasteiger partial charge in [0.15, 0.2) is 11.9 Å². The number of hydrogen-bond donors (Lipinski definition) is 1. The van der Waals surface area contributed by atoms with Gasteiger partial charge >= 0.3 is 12.5 Å². The zero-order chi connectivity index (χ0) is 15.3. The molecule has 1 atom stereocenters. The van der Waals surface area contributed by atoms with Gasteiger partial charge in [0.2, 0.25) is 0 Å². The highest BCUT2D eigenvalue weighted by Crippen LogP contribution is 2.26. The van der Waals surface area contributed by atoms with Crippen LogP contribution < -0.4 is 10.5 Å². The summed E-state index contributed by atoms with van der Waals surface area (Å²) in [6.07, 6.45) is -7.10. The predicted molar refractivity (Wildman–Crippen MR) is 61.8 cm³/mol. The third-order valence-corrected chi connectivity index (χ3v) is 2.29. The van der Waals surface area contributed by atoms with Gasteiger partial charge in [0.25, 0.3) is 0 Å². The molecule has 0 aliphatic carbocycles. The molecule has 0 heterocycles. The fraction of sp³-hybridized carbons (Fsp3) is 0.333. The van der Waals surface area contributed by atoms with Crippen molar-refractivity contribution >= 4 is 11.9 Å². The van der Waals surface area contributed by atoms with Gasteiger partial charge in [-0.05, 0) is 12.1 Å². The van der Waals surface area contributed by atoms with E-state index in [9.17, 15) is 22.8 Å². The summed E-state index contributed by atoms with van der Waals surface area (Å²) >= 11 is 0. The largest absolute Gasteiger partial charge is 0.573 e. The SMILES string of the molecule is CCC(=O)C(OC(N)=O)c1ccc(OC(F)(F)F)cc1. The second-order valence-corrected chi connectivity index (χ2v) is 3.75. The van der Waals surface area contributed by atoms with Gasteiger partial charge < -0.3 is 15.2 Å². The number of ketones is 1. The van der Waals surface area contributed by atoms with Gasteiger partial charge in [-0.15, -0.1) is 13.2 Å². The van der Waals surface area contributed by atoms with Crippen LogP contribution in [0.25, 0.3) is 0 Å². The van der Waals surface area contributed by atoms with E-state index in [1.807, 2.05) is 0 Å². The number of halogens is 3. The van der Waals surface area contributed by atoms with E-state index in [2.05, 4.69) is 9.47 Å². The van der Waals surface area contributed by atoms with E-state index in [1.165, 1.54) is 12.1 Å². The number of benzene rings is 1. The first kappa shape index (κ1) is 15.8. The first-order valence-electron chi connectivity index (χ1n) is 5.57. The molecule has 0 radical (unpaired) electrons. The monoisotopic (exact) mass is 291 g/mol. The molecule has 110 valence electrons. The zero-order valence-electron chi connectivity index (χ0n) is 10.4. The molecule has 0 aliphatic rings. The van der Waals surface area contributed by atoms with Crippen molar-refractivity contribution in [1.29, 1.82) is 0 Å². The molecule has 1 aromatic carbocycles. The molecule has 0 aromatic heterocycles. The maximum Gasteiger partial charge on any atom is 0.573 e. The Labute approximate surface area is 112 Å². The highest BCUT2D eigenvalue weighted by molar-refractivity contribution is 5.86. The number of carbonyl (C=O) groups is 2. The molecule has 1 rings (SSSR count). The minimum absolute atomic E-state index is 0.0821. The maximum absolute atomic E-state index is 12.0. The van der Waals surface area contributed by atoms with Crippen molar-refractivity contribution in [3.63, 3.8) is 0 Å². The Bertz CT molecular complexity index is 484. The van der Waals surface area contributed by atoms with Crippen LogP contribution in [-0.2, 0) is 9.53 Å². The van der Waals surface area contributed by atoms with E-state index < -0.39 is 30.1 Å². The molecule has 8 heteroatoms. The molecule has 0 bridgehead atoms. The smallest absolute Gasteiger partial charge is 0.433 e. The van der Waals surface area contributed by atoms with Crippen LogP contribution in [0.15, 0.2) is 24.3 Å². The van der Waals surface area contributed by atoms with Crippen molar-refractivity contribution in [2.24, 2.45) is 5.73 Å². The molecule has 1 unspecified atom stereocenters. The van der Waals surface area contributed by atoms with Crippen molar-refractivity contribution in [1.82, 2.24) is 0 Å². The number of Topliss-reactive ketones (excluding diaryl/α,β-unsaturated/α-hetero) is 1. The van der Waals surface area contributed by atoms with Gasteiger partial charge in [0, 0.05) is 12.0 Å². The minimum atomic E-state index is -4.80. The highest BCUT2D eigenvalue weighted by atomic mass is 19.4. The number of rotatable bonds is 5. The maximum atomic E-state index is 12.0. The van der Waals surface area contributed by atoms with Crippen molar-refractivity contribution in [3.8, 4) is 5.75 Å². The molecular formula is C12H12F3NO4. The molecule has 0 saturated carbocycles. The van der Waals surface area contributed by atoms with Gasteiger partial charge in [0.1, 0.15) is 5.75 Å². The Morgan fingerprint density at radius 2 is 1.80 bits per heavy atom. The lowest BCUT2D eigenvalue weighted by Crippen LogP contribution is -2.23. The summed E-state index contributed by atoms with van der Waals surface area (Å²) in [5.41, 5.74) is 5.06. The van der Waals surface area contributed by atoms with E-state index in [-0.39, 0.29) is 12.0 Å². The zero-order valence-corrected chi connectivity index (χ0v) is 10.4. The lowest BCUT2D eigenvalue weighted by Gasteiger charge is -2.16. The van der Waals surface area contributed by atoms with Crippen LogP contribution in [0.4, 0.5) is 18.0 Å². The molecule has 0 fully saturated rings. The second kappa shape index (κ2) is 6.27. The summed E-state index contributed by atoms with van der Waals surface area (Å²) in [4.78, 5) is 22.3. The van der Waals surface area contributed by atoms with E-state index >= 15 is 0 Å². The van der Waals surface area contributed by atoms with Gasteiger partial charge in [-0.25, -0.2) is 4.79 Å². The Hall–Kier alpha value is -2.25. The van der Waals surface area contributed by atoms with Crippen LogP contribution in [0.3, 0.4) is 0 Å². The Morgan fingerprint density at radius 1 is 1.25 bits per heavy atom. The molecule has 0 saturated heterocycles. The number of ether oxygens (including phenoxy) is 2. The van der Waals surface area contributed by atoms with Crippen molar-refractivity contribution in [2.75, 3.05) is 0 Å². The summed E-state index contributed by atoms with van der Waals surface area (Å²) in [6, 6.07) is 4.43. The van der Waals surface area contributed by atoms with Crippen LogP contribution in [0.5, 0.6) is 5.75 Å². The summed E-state index contributed by atoms with van der Waals surface area (Å²) < 4.78 is 44.3. The van der Waals surface area contributed by atoms with E-state index in [4.69, 9.17) is 5.73 Å². The van der Waals surface area contributed by atoms with Crippen molar-refractivity contribution < 1.29 is 32.2 Å². The van der Waals surface area contributed by atoms with Gasteiger partial charge in [0.05, 0.1) is 0 Å². The Balaban J connectivity index is 2.93. The molecule has 1 amide bonds. The molecule has 0 aliphatic heterocycles. The predicted octanol–water partition coefficient (Wildman–Crippen LogP) is 2.70. The standard InChI is InChI=1S/C12H12F3NO4/c1-2-9(17)10(19-11(16)18)7-3-5-8(6-4-7)20-12(13,14)15/h3-6,10H,2H2,1H3,(H2,16,18). The molecule has 5 nitrogen and oxygen atoms in total. The highest BCUT2D eigenvalue weighted by Gasteiger charge is 2.31. The second-order valence-electron chi connectivity index (χ2n) is 3.75. The van der Waals surface area contributed by atoms with Gasteiger partial charge in [-0.3, -0.25) is 4.79 Å². The normalized spacial score (nSPS) is 12.6. The van der Waals surface area contributed by atoms with Gasteiger partial charge in [-0.1, -0.05) is 19.1 Å². The number of hydrogen-bond acceptors (Lipinski definition) is 4. The van der Waals surface area contributed by atoms with Gasteiger partial charge in [-0.2, -0.15) is 0 Å². The summed E-state index contributed by atoms with van der Waals surface area (Å²) in [6.45, 7) is 1.56. The third-order valence-electron chi connectivity index (χ3n) is 2.29. The summed E-state index contributed by atoms with van der Waals surface area (Å²) in [5, 5.41) is 0. The number of amides is 1. The van der Waals surface area contributed by atoms with Crippen LogP contribution in [0.1, 0.15) is 25.0 Å². The van der Waals surface area contributed by atoms with Crippen LogP contribution in [-0.4, -0.2) is 18.2 Å². The quantitative estimate of drug-likeness (QED) is 0.904. The third kappa shape index (κ3) is 4.79. The summed E-state index contributed by atoms with van der Waals surface area (Å²) in [7, 11) is 0. The molecule has 2 N–H and O–H groups in total. The Kier molecular flexibility index (Phi) is 4.95. The number of primary amides is 1. The number of carbonyl (C=O) groups excluding carboxylic acids is 2. The molecule has 0 spiro atoms. The van der Waals surface area contributed by atoms with Crippen LogP contribution in [0, 0.1) is 0 Å². The summed E-state index contributed by atoms with van der Waals surface area (Å²) in [5.74, 6) is -0.865. The van der Waals surface area contributed by atoms with Crippen molar-refractivity contribution in [3.05, 3.63) is 29.8 Å². The van der Waals surface area contributed by atoms with Crippen LogP contribution in [0.2, 0.25) is 0 Å². The van der Waals surface area contributed by atoms with E-state index in [0.717, 1.165) is 12.1 Å². The molecule has 1 aromatic rings. The fourth-order valence-corrected chi connectivity index (χ4v) is 1.47. The minimum Gasteiger partial charge on any atom is -0.433 e. The molecular weight excluding hydrogens is 279 g/mol. The Morgan fingerprint density at radius 3 is 2.20 bits per heavy atom. The average molecular weight is 291 g/mol. The fourth-order valence-electron chi connectivity index (χ4n) is 1.47. The van der Waals surface area contributed by atoms with Crippen molar-refractivity contribution in [2.45, 2.75) is 25.8 Å².